The van der Waals surface area contributed by atoms with Gasteiger partial charge in [0.05, 0.1) is 19.6 Å². The lowest BCUT2D eigenvalue weighted by Crippen LogP contribution is -2.37. The SMILES string of the molecule is COc1ccc(C(C2=CC=CC2)(c2ccc(OC)cc2)C2c3ccc(C(C)(C)C)cc3-c3cc(C(C)(C)C)ccc32)cc1. The molecular formula is C41H44O2. The Balaban J connectivity index is 1.73. The van der Waals surface area contributed by atoms with Crippen LogP contribution in [0.5, 0.6) is 11.5 Å². The van der Waals surface area contributed by atoms with E-state index in [1.54, 1.807) is 14.2 Å². The predicted molar refractivity (Wildman–Crippen MR) is 180 cm³/mol. The molecule has 0 aliphatic heterocycles. The third kappa shape index (κ3) is 4.82. The van der Waals surface area contributed by atoms with Crippen LogP contribution in [-0.2, 0) is 16.2 Å². The smallest absolute Gasteiger partial charge is 0.118 e. The summed E-state index contributed by atoms with van der Waals surface area (Å²) in [6.07, 6.45) is 7.76. The van der Waals surface area contributed by atoms with E-state index in [9.17, 15) is 0 Å². The van der Waals surface area contributed by atoms with Gasteiger partial charge in [0.2, 0.25) is 0 Å². The Morgan fingerprint density at radius 1 is 0.558 bits per heavy atom. The second-order valence-electron chi connectivity index (χ2n) is 14.1. The zero-order valence-corrected chi connectivity index (χ0v) is 26.9. The zero-order chi connectivity index (χ0) is 30.6. The number of allylic oxidation sites excluding steroid dienone is 4. The maximum atomic E-state index is 5.63. The molecule has 2 aliphatic rings. The lowest BCUT2D eigenvalue weighted by atomic mass is 9.58. The summed E-state index contributed by atoms with van der Waals surface area (Å²) in [6.45, 7) is 13.8. The first-order chi connectivity index (χ1) is 20.5. The summed E-state index contributed by atoms with van der Waals surface area (Å²) in [5.41, 5.74) is 11.8. The van der Waals surface area contributed by atoms with Gasteiger partial charge in [-0.3, -0.25) is 0 Å². The minimum atomic E-state index is -0.450. The Morgan fingerprint density at radius 3 is 1.33 bits per heavy atom. The standard InChI is InChI=1S/C41H44O2/c1-39(2,3)30-17-23-34-36(25-30)37-26-31(40(4,5)6)18-24-35(37)38(34)41(27-11-9-10-12-27,28-13-19-32(42-7)20-14-28)29-15-21-33(43-8)22-16-29/h9-11,13-26,38H,12H2,1-8H3. The van der Waals surface area contributed by atoms with Crippen LogP contribution in [0.4, 0.5) is 0 Å². The minimum absolute atomic E-state index is 0.0515. The summed E-state index contributed by atoms with van der Waals surface area (Å²) >= 11 is 0. The third-order valence-electron chi connectivity index (χ3n) is 9.55. The highest BCUT2D eigenvalue weighted by Crippen LogP contribution is 2.61. The van der Waals surface area contributed by atoms with E-state index in [0.29, 0.717) is 0 Å². The number of benzene rings is 4. The van der Waals surface area contributed by atoms with Gasteiger partial charge in [-0.25, -0.2) is 0 Å². The molecule has 0 fully saturated rings. The van der Waals surface area contributed by atoms with Crippen LogP contribution in [0.2, 0.25) is 0 Å². The molecule has 0 aromatic heterocycles. The van der Waals surface area contributed by atoms with Crippen molar-refractivity contribution < 1.29 is 9.47 Å². The van der Waals surface area contributed by atoms with E-state index in [1.165, 1.54) is 50.1 Å². The Hall–Kier alpha value is -4.04. The van der Waals surface area contributed by atoms with E-state index in [1.807, 2.05) is 0 Å². The second-order valence-corrected chi connectivity index (χ2v) is 14.1. The topological polar surface area (TPSA) is 18.5 Å². The van der Waals surface area contributed by atoms with E-state index in [0.717, 1.165) is 17.9 Å². The van der Waals surface area contributed by atoms with Crippen molar-refractivity contribution in [2.75, 3.05) is 14.2 Å². The minimum Gasteiger partial charge on any atom is -0.497 e. The maximum absolute atomic E-state index is 5.63. The molecule has 0 radical (unpaired) electrons. The molecule has 43 heavy (non-hydrogen) atoms. The molecule has 2 aliphatic carbocycles. The predicted octanol–water partition coefficient (Wildman–Crippen LogP) is 10.3. The van der Waals surface area contributed by atoms with E-state index < -0.39 is 5.41 Å². The normalized spacial score (nSPS) is 14.8. The molecular weight excluding hydrogens is 524 g/mol. The largest absolute Gasteiger partial charge is 0.497 e. The van der Waals surface area contributed by atoms with Crippen molar-refractivity contribution in [2.24, 2.45) is 0 Å². The van der Waals surface area contributed by atoms with E-state index in [-0.39, 0.29) is 16.7 Å². The molecule has 2 nitrogen and oxygen atoms in total. The summed E-state index contributed by atoms with van der Waals surface area (Å²) in [4.78, 5) is 0. The van der Waals surface area contributed by atoms with Gasteiger partial charge in [0.15, 0.2) is 0 Å². The van der Waals surface area contributed by atoms with Gasteiger partial charge in [0, 0.05) is 5.92 Å². The van der Waals surface area contributed by atoms with Crippen molar-refractivity contribution in [3.63, 3.8) is 0 Å². The second kappa shape index (κ2) is 10.6. The molecule has 4 aromatic rings. The molecule has 0 unspecified atom stereocenters. The Bertz CT molecular complexity index is 1590. The van der Waals surface area contributed by atoms with Gasteiger partial charge in [0.1, 0.15) is 11.5 Å². The first kappa shape index (κ1) is 29.1. The van der Waals surface area contributed by atoms with Crippen molar-refractivity contribution >= 4 is 0 Å². The van der Waals surface area contributed by atoms with Crippen molar-refractivity contribution in [1.82, 2.24) is 0 Å². The highest BCUT2D eigenvalue weighted by Gasteiger charge is 2.50. The van der Waals surface area contributed by atoms with E-state index in [2.05, 4.69) is 145 Å². The van der Waals surface area contributed by atoms with Gasteiger partial charge >= 0.3 is 0 Å². The molecule has 0 saturated carbocycles. The summed E-state index contributed by atoms with van der Waals surface area (Å²) in [7, 11) is 3.47. The monoisotopic (exact) mass is 568 g/mol. The number of hydrogen-bond donors (Lipinski definition) is 0. The van der Waals surface area contributed by atoms with Crippen molar-refractivity contribution in [3.05, 3.63) is 142 Å². The van der Waals surface area contributed by atoms with Gasteiger partial charge in [0.25, 0.3) is 0 Å². The molecule has 0 amide bonds. The van der Waals surface area contributed by atoms with Gasteiger partial charge < -0.3 is 9.47 Å². The molecule has 0 saturated heterocycles. The van der Waals surface area contributed by atoms with Crippen LogP contribution < -0.4 is 9.47 Å². The van der Waals surface area contributed by atoms with Crippen molar-refractivity contribution in [2.45, 2.75) is 70.1 Å². The van der Waals surface area contributed by atoms with Gasteiger partial charge in [-0.05, 0) is 86.0 Å². The van der Waals surface area contributed by atoms with Crippen LogP contribution in [-0.4, -0.2) is 14.2 Å². The molecule has 6 rings (SSSR count). The van der Waals surface area contributed by atoms with Gasteiger partial charge in [-0.2, -0.15) is 0 Å². The molecule has 0 atom stereocenters. The lowest BCUT2D eigenvalue weighted by molar-refractivity contribution is 0.413. The van der Waals surface area contributed by atoms with E-state index >= 15 is 0 Å². The average Bonchev–Trinajstić information content (AvgIpc) is 3.65. The number of ether oxygens (including phenoxy) is 2. The molecule has 0 heterocycles. The van der Waals surface area contributed by atoms with Crippen LogP contribution in [0.15, 0.2) is 109 Å². The first-order valence-electron chi connectivity index (χ1n) is 15.4. The number of hydrogen-bond acceptors (Lipinski definition) is 2. The van der Waals surface area contributed by atoms with Crippen molar-refractivity contribution in [1.29, 1.82) is 0 Å². The average molecular weight is 569 g/mol. The Kier molecular flexibility index (Phi) is 7.16. The summed E-state index contributed by atoms with van der Waals surface area (Å²) in [5, 5.41) is 0. The van der Waals surface area contributed by atoms with Gasteiger partial charge in [-0.1, -0.05) is 126 Å². The summed E-state index contributed by atoms with van der Waals surface area (Å²) in [6, 6.07) is 32.0. The molecule has 0 bridgehead atoms. The van der Waals surface area contributed by atoms with Crippen LogP contribution >= 0.6 is 0 Å². The van der Waals surface area contributed by atoms with Crippen LogP contribution in [0.25, 0.3) is 11.1 Å². The Labute approximate surface area is 258 Å². The van der Waals surface area contributed by atoms with Crippen LogP contribution in [0.1, 0.15) is 87.3 Å². The fourth-order valence-electron chi connectivity index (χ4n) is 7.15. The maximum Gasteiger partial charge on any atom is 0.118 e. The fraction of sp³-hybridized carbons (Fsp3) is 0.317. The van der Waals surface area contributed by atoms with Crippen LogP contribution in [0.3, 0.4) is 0 Å². The summed E-state index contributed by atoms with van der Waals surface area (Å²) in [5.74, 6) is 1.80. The third-order valence-corrected chi connectivity index (χ3v) is 9.55. The Morgan fingerprint density at radius 2 is 0.977 bits per heavy atom. The molecule has 0 N–H and O–H groups in total. The lowest BCUT2D eigenvalue weighted by Gasteiger charge is -2.43. The number of methoxy groups -OCH3 is 2. The molecule has 2 heteroatoms. The number of fused-ring (bicyclic) bond motifs is 3. The molecule has 0 spiro atoms. The quantitative estimate of drug-likeness (QED) is 0.230. The van der Waals surface area contributed by atoms with Crippen molar-refractivity contribution in [3.8, 4) is 22.6 Å². The number of rotatable bonds is 6. The molecule has 4 aromatic carbocycles. The zero-order valence-electron chi connectivity index (χ0n) is 26.9. The van der Waals surface area contributed by atoms with Gasteiger partial charge in [-0.15, -0.1) is 0 Å². The fourth-order valence-corrected chi connectivity index (χ4v) is 7.15. The highest BCUT2D eigenvalue weighted by atomic mass is 16.5. The van der Waals surface area contributed by atoms with E-state index in [4.69, 9.17) is 9.47 Å². The summed E-state index contributed by atoms with van der Waals surface area (Å²) < 4.78 is 11.3. The molecule has 220 valence electrons. The van der Waals surface area contributed by atoms with Crippen LogP contribution in [0, 0.1) is 0 Å². The first-order valence-corrected chi connectivity index (χ1v) is 15.4. The highest BCUT2D eigenvalue weighted by molar-refractivity contribution is 5.83.